The Hall–Kier alpha value is -1.09. The summed E-state index contributed by atoms with van der Waals surface area (Å²) in [6, 6.07) is 6.50. The molecule has 1 rings (SSSR count). The van der Waals surface area contributed by atoms with Gasteiger partial charge in [0.25, 0.3) is 0 Å². The molecule has 0 aliphatic rings. The first-order valence-corrected chi connectivity index (χ1v) is 6.53. The molecule has 0 aliphatic carbocycles. The standard InChI is InChI=1S/C15H24FNO/c1-5-17(11-10-14(18)15(2,3)4)13-8-6-12(16)7-9-13/h6-9,14,18H,5,10-11H2,1-4H3. The molecule has 102 valence electrons. The van der Waals surface area contributed by atoms with E-state index >= 15 is 0 Å². The molecule has 0 heterocycles. The summed E-state index contributed by atoms with van der Waals surface area (Å²) < 4.78 is 12.9. The molecule has 0 aliphatic heterocycles. The van der Waals surface area contributed by atoms with Gasteiger partial charge in [-0.25, -0.2) is 4.39 Å². The summed E-state index contributed by atoms with van der Waals surface area (Å²) in [6.45, 7) is 9.79. The lowest BCUT2D eigenvalue weighted by atomic mass is 9.87. The normalized spacial score (nSPS) is 13.4. The Morgan fingerprint density at radius 1 is 1.22 bits per heavy atom. The van der Waals surface area contributed by atoms with Crippen LogP contribution >= 0.6 is 0 Å². The fourth-order valence-electron chi connectivity index (χ4n) is 1.83. The Kier molecular flexibility index (Phi) is 5.15. The highest BCUT2D eigenvalue weighted by molar-refractivity contribution is 5.45. The molecule has 1 atom stereocenters. The van der Waals surface area contributed by atoms with E-state index in [1.54, 1.807) is 12.1 Å². The number of aliphatic hydroxyl groups excluding tert-OH is 1. The number of aliphatic hydroxyl groups is 1. The molecule has 0 amide bonds. The topological polar surface area (TPSA) is 23.5 Å². The van der Waals surface area contributed by atoms with Crippen LogP contribution < -0.4 is 4.90 Å². The number of nitrogens with zero attached hydrogens (tertiary/aromatic N) is 1. The van der Waals surface area contributed by atoms with Gasteiger partial charge in [-0.3, -0.25) is 0 Å². The molecule has 3 heteroatoms. The number of hydrogen-bond donors (Lipinski definition) is 1. The van der Waals surface area contributed by atoms with Crippen LogP contribution in [0.2, 0.25) is 0 Å². The summed E-state index contributed by atoms with van der Waals surface area (Å²) in [5.74, 6) is -0.218. The molecule has 0 saturated heterocycles. The number of anilines is 1. The van der Waals surface area contributed by atoms with Gasteiger partial charge in [0.15, 0.2) is 0 Å². The van der Waals surface area contributed by atoms with Crippen molar-refractivity contribution in [2.24, 2.45) is 5.41 Å². The van der Waals surface area contributed by atoms with Crippen LogP contribution in [0.15, 0.2) is 24.3 Å². The Labute approximate surface area is 109 Å². The monoisotopic (exact) mass is 253 g/mol. The first-order valence-electron chi connectivity index (χ1n) is 6.53. The van der Waals surface area contributed by atoms with Crippen molar-refractivity contribution in [1.82, 2.24) is 0 Å². The summed E-state index contributed by atoms with van der Waals surface area (Å²) in [5.41, 5.74) is 0.905. The molecule has 0 saturated carbocycles. The van der Waals surface area contributed by atoms with E-state index < -0.39 is 0 Å². The third kappa shape index (κ3) is 4.30. The van der Waals surface area contributed by atoms with Gasteiger partial charge in [-0.05, 0) is 43.0 Å². The first kappa shape index (κ1) is 15.0. The van der Waals surface area contributed by atoms with Crippen LogP contribution in [0.3, 0.4) is 0 Å². The molecule has 1 unspecified atom stereocenters. The summed E-state index contributed by atoms with van der Waals surface area (Å²) in [7, 11) is 0. The minimum Gasteiger partial charge on any atom is -0.393 e. The highest BCUT2D eigenvalue weighted by Crippen LogP contribution is 2.23. The second-order valence-corrected chi connectivity index (χ2v) is 5.73. The SMILES string of the molecule is CCN(CCC(O)C(C)(C)C)c1ccc(F)cc1. The third-order valence-electron chi connectivity index (χ3n) is 3.25. The fourth-order valence-corrected chi connectivity index (χ4v) is 1.83. The van der Waals surface area contributed by atoms with Crippen molar-refractivity contribution < 1.29 is 9.50 Å². The third-order valence-corrected chi connectivity index (χ3v) is 3.25. The maximum atomic E-state index is 12.9. The van der Waals surface area contributed by atoms with Gasteiger partial charge in [0.2, 0.25) is 0 Å². The van der Waals surface area contributed by atoms with Crippen LogP contribution in [0.1, 0.15) is 34.1 Å². The second kappa shape index (κ2) is 6.19. The number of hydrogen-bond acceptors (Lipinski definition) is 2. The molecule has 0 spiro atoms. The predicted molar refractivity (Wildman–Crippen MR) is 74.4 cm³/mol. The zero-order chi connectivity index (χ0) is 13.8. The molecule has 18 heavy (non-hydrogen) atoms. The Morgan fingerprint density at radius 2 is 1.78 bits per heavy atom. The molecule has 0 bridgehead atoms. The van der Waals surface area contributed by atoms with Crippen LogP contribution in [-0.2, 0) is 0 Å². The first-order chi connectivity index (χ1) is 8.34. The highest BCUT2D eigenvalue weighted by atomic mass is 19.1. The van der Waals surface area contributed by atoms with Gasteiger partial charge in [-0.2, -0.15) is 0 Å². The van der Waals surface area contributed by atoms with Gasteiger partial charge >= 0.3 is 0 Å². The highest BCUT2D eigenvalue weighted by Gasteiger charge is 2.22. The van der Waals surface area contributed by atoms with E-state index in [2.05, 4.69) is 11.8 Å². The average Bonchev–Trinajstić information content (AvgIpc) is 2.30. The maximum Gasteiger partial charge on any atom is 0.123 e. The van der Waals surface area contributed by atoms with Crippen molar-refractivity contribution >= 4 is 5.69 Å². The van der Waals surface area contributed by atoms with E-state index in [1.165, 1.54) is 12.1 Å². The van der Waals surface area contributed by atoms with Crippen molar-refractivity contribution in [2.45, 2.75) is 40.2 Å². The molecule has 0 fully saturated rings. The molecule has 2 nitrogen and oxygen atoms in total. The Morgan fingerprint density at radius 3 is 2.22 bits per heavy atom. The maximum absolute atomic E-state index is 12.9. The lowest BCUT2D eigenvalue weighted by Gasteiger charge is -2.29. The molecular formula is C15H24FNO. The molecular weight excluding hydrogens is 229 g/mol. The van der Waals surface area contributed by atoms with E-state index in [9.17, 15) is 9.50 Å². The van der Waals surface area contributed by atoms with E-state index in [1.807, 2.05) is 20.8 Å². The lowest BCUT2D eigenvalue weighted by molar-refractivity contribution is 0.0574. The quantitative estimate of drug-likeness (QED) is 0.868. The van der Waals surface area contributed by atoms with Gasteiger partial charge in [-0.15, -0.1) is 0 Å². The molecule has 1 aromatic rings. The Bertz CT molecular complexity index is 356. The van der Waals surface area contributed by atoms with E-state index in [4.69, 9.17) is 0 Å². The van der Waals surface area contributed by atoms with Crippen molar-refractivity contribution in [3.8, 4) is 0 Å². The van der Waals surface area contributed by atoms with Crippen molar-refractivity contribution in [3.63, 3.8) is 0 Å². The summed E-state index contributed by atoms with van der Waals surface area (Å²) in [4.78, 5) is 2.15. The van der Waals surface area contributed by atoms with Crippen LogP contribution in [0.25, 0.3) is 0 Å². The van der Waals surface area contributed by atoms with Gasteiger partial charge in [0, 0.05) is 18.8 Å². The largest absolute Gasteiger partial charge is 0.393 e. The minimum absolute atomic E-state index is 0.0950. The number of rotatable bonds is 5. The molecule has 0 radical (unpaired) electrons. The van der Waals surface area contributed by atoms with Crippen LogP contribution in [0, 0.1) is 11.2 Å². The van der Waals surface area contributed by atoms with Crippen LogP contribution in [-0.4, -0.2) is 24.3 Å². The van der Waals surface area contributed by atoms with Crippen molar-refractivity contribution in [3.05, 3.63) is 30.1 Å². The molecule has 1 N–H and O–H groups in total. The van der Waals surface area contributed by atoms with E-state index in [-0.39, 0.29) is 17.3 Å². The second-order valence-electron chi connectivity index (χ2n) is 5.73. The lowest BCUT2D eigenvalue weighted by Crippen LogP contribution is -2.32. The van der Waals surface area contributed by atoms with E-state index in [0.29, 0.717) is 6.42 Å². The summed E-state index contributed by atoms with van der Waals surface area (Å²) >= 11 is 0. The summed E-state index contributed by atoms with van der Waals surface area (Å²) in [5, 5.41) is 10.0. The van der Waals surface area contributed by atoms with Gasteiger partial charge < -0.3 is 10.0 Å². The number of halogens is 1. The molecule has 1 aromatic carbocycles. The van der Waals surface area contributed by atoms with Crippen molar-refractivity contribution in [1.29, 1.82) is 0 Å². The zero-order valence-electron chi connectivity index (χ0n) is 11.8. The predicted octanol–water partition coefficient (Wildman–Crippen LogP) is 3.45. The minimum atomic E-state index is -0.327. The van der Waals surface area contributed by atoms with E-state index in [0.717, 1.165) is 18.8 Å². The Balaban J connectivity index is 2.60. The zero-order valence-corrected chi connectivity index (χ0v) is 11.8. The van der Waals surface area contributed by atoms with Gasteiger partial charge in [0.05, 0.1) is 6.10 Å². The van der Waals surface area contributed by atoms with Gasteiger partial charge in [-0.1, -0.05) is 20.8 Å². The average molecular weight is 253 g/mol. The summed E-state index contributed by atoms with van der Waals surface area (Å²) in [6.07, 6.45) is 0.390. The fraction of sp³-hybridized carbons (Fsp3) is 0.600. The smallest absolute Gasteiger partial charge is 0.123 e. The van der Waals surface area contributed by atoms with Gasteiger partial charge in [0.1, 0.15) is 5.82 Å². The van der Waals surface area contributed by atoms with Crippen molar-refractivity contribution in [2.75, 3.05) is 18.0 Å². The number of benzene rings is 1. The molecule has 0 aromatic heterocycles. The van der Waals surface area contributed by atoms with Crippen LogP contribution in [0.5, 0.6) is 0 Å². The van der Waals surface area contributed by atoms with Crippen LogP contribution in [0.4, 0.5) is 10.1 Å².